The van der Waals surface area contributed by atoms with Crippen LogP contribution in [0.25, 0.3) is 0 Å². The van der Waals surface area contributed by atoms with Gasteiger partial charge in [0.25, 0.3) is 0 Å². The molecule has 0 spiro atoms. The number of halogens is 1. The Balaban J connectivity index is 0. The first kappa shape index (κ1) is 12.5. The molecule has 0 rings (SSSR count). The zero-order valence-electron chi connectivity index (χ0n) is 4.94. The Bertz CT molecular complexity index is 83.4. The third kappa shape index (κ3) is 112. The van der Waals surface area contributed by atoms with Crippen LogP contribution in [0.2, 0.25) is 0 Å². The van der Waals surface area contributed by atoms with Crippen LogP contribution >= 0.6 is 0 Å². The molecule has 0 aliphatic rings. The number of nitrogens with two attached hydrogens (primary N) is 1. The maximum Gasteiger partial charge on any atom is 0.121 e. The van der Waals surface area contributed by atoms with Crippen LogP contribution in [0.15, 0.2) is 12.7 Å². The van der Waals surface area contributed by atoms with Gasteiger partial charge in [-0.25, -0.2) is 0 Å². The fourth-order valence-electron chi connectivity index (χ4n) is 0. The number of hydrogen-bond donors (Lipinski definition) is 3. The fraction of sp³-hybridized carbons (Fsp3) is 0.333. The monoisotopic (exact) mass is 173 g/mol. The molecule has 4 N–H and O–H groups in total. The highest BCUT2D eigenvalue weighted by molar-refractivity contribution is 4.70. The second-order valence-electron chi connectivity index (χ2n) is 1.12. The van der Waals surface area contributed by atoms with Crippen molar-refractivity contribution in [2.75, 3.05) is 0 Å². The summed E-state index contributed by atoms with van der Waals surface area (Å²) in [4.78, 5) is 0. The zero-order valence-corrected chi connectivity index (χ0v) is 5.69. The first-order valence-electron chi connectivity index (χ1n) is 1.97. The fourth-order valence-corrected chi connectivity index (χ4v) is 0. The van der Waals surface area contributed by atoms with E-state index in [1.54, 1.807) is 0 Å². The van der Waals surface area contributed by atoms with Crippen molar-refractivity contribution in [3.63, 3.8) is 0 Å². The summed E-state index contributed by atoms with van der Waals surface area (Å²) in [6.07, 6.45) is 0.398. The molecular weight excluding hydrogens is 165 g/mol. The summed E-state index contributed by atoms with van der Waals surface area (Å²) in [6.45, 7) is 3.19. The number of rotatable bonds is 1. The molecule has 0 bridgehead atoms. The van der Waals surface area contributed by atoms with Gasteiger partial charge in [-0.1, -0.05) is 6.58 Å². The van der Waals surface area contributed by atoms with Crippen molar-refractivity contribution in [2.45, 2.75) is 6.23 Å². The molecule has 0 aliphatic carbocycles. The largest absolute Gasteiger partial charge is 0.375 e. The molecule has 0 aromatic heterocycles. The molecule has 0 saturated carbocycles. The lowest BCUT2D eigenvalue weighted by Gasteiger charge is -2.03. The molecular formula is C3H8ClNO5. The van der Waals surface area contributed by atoms with Crippen molar-refractivity contribution in [1.29, 1.82) is 0 Å². The van der Waals surface area contributed by atoms with E-state index in [1.807, 2.05) is 0 Å². The van der Waals surface area contributed by atoms with Crippen LogP contribution < -0.4 is 19.7 Å². The SMILES string of the molecule is C=CC(N)O.[O-][Cl+3]([O-])([O-])O. The van der Waals surface area contributed by atoms with E-state index in [4.69, 9.17) is 29.5 Å². The van der Waals surface area contributed by atoms with Gasteiger partial charge in [-0.05, 0) is 6.08 Å². The van der Waals surface area contributed by atoms with Crippen molar-refractivity contribution in [1.82, 2.24) is 0 Å². The van der Waals surface area contributed by atoms with Gasteiger partial charge in [-0.15, -0.1) is 0 Å². The molecule has 7 heteroatoms. The average Bonchev–Trinajstić information content (AvgIpc) is 1.61. The second-order valence-corrected chi connectivity index (χ2v) is 1.91. The summed E-state index contributed by atoms with van der Waals surface area (Å²) < 4.78 is 32.7. The maximum absolute atomic E-state index is 8.60. The summed E-state index contributed by atoms with van der Waals surface area (Å²) >= 11 is 0. The molecule has 6 nitrogen and oxygen atoms in total. The minimum atomic E-state index is -4.69. The smallest absolute Gasteiger partial charge is 0.121 e. The quantitative estimate of drug-likeness (QED) is 0.269. The number of aliphatic hydroxyl groups is 1. The number of hydrogen-bond acceptors (Lipinski definition) is 6. The van der Waals surface area contributed by atoms with E-state index in [0.29, 0.717) is 0 Å². The van der Waals surface area contributed by atoms with Gasteiger partial charge in [0.1, 0.15) is 6.23 Å². The Kier molecular flexibility index (Phi) is 6.94. The molecule has 1 unspecified atom stereocenters. The van der Waals surface area contributed by atoms with Crippen LogP contribution in [-0.4, -0.2) is 16.0 Å². The van der Waals surface area contributed by atoms with Gasteiger partial charge >= 0.3 is 0 Å². The molecule has 0 amide bonds. The highest BCUT2D eigenvalue weighted by Crippen LogP contribution is 1.61. The highest BCUT2D eigenvalue weighted by atomic mass is 35.7. The average molecular weight is 174 g/mol. The number of aliphatic hydroxyl groups excluding tert-OH is 1. The molecule has 1 atom stereocenters. The van der Waals surface area contributed by atoms with Crippen LogP contribution in [0.4, 0.5) is 0 Å². The first-order valence-corrected chi connectivity index (χ1v) is 3.23. The summed E-state index contributed by atoms with van der Waals surface area (Å²) in [5.74, 6) is 0. The lowest BCUT2D eigenvalue weighted by atomic mass is 10.6. The van der Waals surface area contributed by atoms with Gasteiger partial charge in [0, 0.05) is 0 Å². The third-order valence-corrected chi connectivity index (χ3v) is 0.241. The van der Waals surface area contributed by atoms with E-state index >= 15 is 0 Å². The van der Waals surface area contributed by atoms with Crippen molar-refractivity contribution in [3.05, 3.63) is 12.7 Å². The Morgan fingerprint density at radius 1 is 1.50 bits per heavy atom. The van der Waals surface area contributed by atoms with E-state index in [0.717, 1.165) is 0 Å². The van der Waals surface area contributed by atoms with E-state index in [9.17, 15) is 0 Å². The molecule has 0 fully saturated rings. The first-order chi connectivity index (χ1) is 4.27. The van der Waals surface area contributed by atoms with E-state index in [1.165, 1.54) is 6.08 Å². The minimum absolute atomic E-state index is 0.852. The summed E-state index contributed by atoms with van der Waals surface area (Å²) in [7, 11) is -4.69. The maximum atomic E-state index is 8.60. The van der Waals surface area contributed by atoms with Gasteiger partial charge < -0.3 is 10.8 Å². The van der Waals surface area contributed by atoms with E-state index in [2.05, 4.69) is 6.58 Å². The normalized spacial score (nSPS) is 13.0. The highest BCUT2D eigenvalue weighted by Gasteiger charge is 1.98. The van der Waals surface area contributed by atoms with Gasteiger partial charge in [-0.2, -0.15) is 14.0 Å². The zero-order chi connectivity index (χ0) is 8.78. The molecule has 62 valence electrons. The molecule has 0 aromatic rings. The molecule has 10 heavy (non-hydrogen) atoms. The topological polar surface area (TPSA) is 136 Å². The summed E-state index contributed by atoms with van der Waals surface area (Å²) in [5, 5.41) is 8.02. The van der Waals surface area contributed by atoms with Crippen LogP contribution in [0, 0.1) is 10.2 Å². The Morgan fingerprint density at radius 2 is 1.60 bits per heavy atom. The van der Waals surface area contributed by atoms with Crippen molar-refractivity contribution >= 4 is 0 Å². The molecule has 0 radical (unpaired) electrons. The van der Waals surface area contributed by atoms with Crippen LogP contribution in [0.1, 0.15) is 0 Å². The predicted molar refractivity (Wildman–Crippen MR) is 22.6 cm³/mol. The summed E-state index contributed by atoms with van der Waals surface area (Å²) in [6, 6.07) is 0. The van der Waals surface area contributed by atoms with Gasteiger partial charge in [-0.3, -0.25) is 0 Å². The molecule has 0 heterocycles. The van der Waals surface area contributed by atoms with Gasteiger partial charge in [0.05, 0.1) is 14.9 Å². The lowest BCUT2D eigenvalue weighted by molar-refractivity contribution is -1.92. The van der Waals surface area contributed by atoms with Crippen molar-refractivity contribution < 1.29 is 34.0 Å². The minimum Gasteiger partial charge on any atom is -0.375 e. The Morgan fingerprint density at radius 3 is 1.60 bits per heavy atom. The van der Waals surface area contributed by atoms with Gasteiger partial charge in [0.2, 0.25) is 0 Å². The standard InChI is InChI=1S/C3H7NO.ClHO4/c1-2-3(4)5;2-1(3,4)5/h2-3,5H,1,4H2;(H,2,3,4,5). The lowest BCUT2D eigenvalue weighted by Crippen LogP contribution is -2.58. The molecule has 0 saturated heterocycles. The Labute approximate surface area is 59.6 Å². The van der Waals surface area contributed by atoms with E-state index in [-0.39, 0.29) is 0 Å². The summed E-state index contributed by atoms with van der Waals surface area (Å²) in [5.41, 5.74) is 4.73. The van der Waals surface area contributed by atoms with Crippen molar-refractivity contribution in [2.24, 2.45) is 5.73 Å². The van der Waals surface area contributed by atoms with Gasteiger partial charge in [0.15, 0.2) is 0 Å². The molecule has 0 aromatic carbocycles. The third-order valence-electron chi connectivity index (χ3n) is 0.241. The molecule has 0 aliphatic heterocycles. The van der Waals surface area contributed by atoms with Crippen LogP contribution in [-0.2, 0) is 0 Å². The van der Waals surface area contributed by atoms with Crippen LogP contribution in [0.5, 0.6) is 0 Å². The van der Waals surface area contributed by atoms with Crippen LogP contribution in [0.3, 0.4) is 0 Å². The Hall–Kier alpha value is -0.210. The van der Waals surface area contributed by atoms with E-state index < -0.39 is 16.5 Å². The van der Waals surface area contributed by atoms with Crippen molar-refractivity contribution in [3.8, 4) is 0 Å². The predicted octanol–water partition coefficient (Wildman–Crippen LogP) is -4.67. The second kappa shape index (κ2) is 5.57.